The Morgan fingerprint density at radius 2 is 1.74 bits per heavy atom. The van der Waals surface area contributed by atoms with Crippen molar-refractivity contribution in [2.75, 3.05) is 51.9 Å². The van der Waals surface area contributed by atoms with Gasteiger partial charge >= 0.3 is 12.1 Å². The molecule has 0 N–H and O–H groups in total. The summed E-state index contributed by atoms with van der Waals surface area (Å²) in [7, 11) is 2.99. The molecular formula is C35H38F3N3O4S2. The van der Waals surface area contributed by atoms with Crippen molar-refractivity contribution in [1.29, 1.82) is 0 Å². The zero-order valence-electron chi connectivity index (χ0n) is 26.8. The minimum absolute atomic E-state index is 0.159. The van der Waals surface area contributed by atoms with Crippen molar-refractivity contribution in [2.24, 2.45) is 0 Å². The topological polar surface area (TPSA) is 64.1 Å². The summed E-state index contributed by atoms with van der Waals surface area (Å²) in [6.45, 7) is 8.04. The van der Waals surface area contributed by atoms with Crippen LogP contribution in [0.2, 0.25) is 0 Å². The van der Waals surface area contributed by atoms with Gasteiger partial charge in [-0.3, -0.25) is 4.90 Å². The number of ether oxygens (including phenoxy) is 3. The maximum atomic E-state index is 13.2. The Balaban J connectivity index is 1.33. The third-order valence-electron chi connectivity index (χ3n) is 7.95. The molecule has 12 heteroatoms. The molecule has 0 unspecified atom stereocenters. The number of thioether (sulfide) groups is 1. The molecule has 0 atom stereocenters. The summed E-state index contributed by atoms with van der Waals surface area (Å²) in [5.41, 5.74) is 3.04. The number of anilines is 1. The highest BCUT2D eigenvalue weighted by Crippen LogP contribution is 2.38. The lowest BCUT2D eigenvalue weighted by atomic mass is 10.0. The predicted octanol–water partition coefficient (Wildman–Crippen LogP) is 8.13. The summed E-state index contributed by atoms with van der Waals surface area (Å²) in [5, 5.41) is 0.703. The van der Waals surface area contributed by atoms with Crippen molar-refractivity contribution >= 4 is 34.8 Å². The van der Waals surface area contributed by atoms with Crippen LogP contribution in [0.5, 0.6) is 11.5 Å². The van der Waals surface area contributed by atoms with Crippen molar-refractivity contribution in [2.45, 2.75) is 43.1 Å². The van der Waals surface area contributed by atoms with Crippen LogP contribution in [0.25, 0.3) is 10.6 Å². The number of alkyl halides is 3. The van der Waals surface area contributed by atoms with Crippen LogP contribution >= 0.6 is 23.1 Å². The number of methoxy groups -OCH3 is 2. The zero-order valence-corrected chi connectivity index (χ0v) is 28.4. The third kappa shape index (κ3) is 9.00. The van der Waals surface area contributed by atoms with Gasteiger partial charge in [-0.1, -0.05) is 32.0 Å². The molecule has 1 saturated heterocycles. The fourth-order valence-electron chi connectivity index (χ4n) is 5.27. The molecule has 0 radical (unpaired) electrons. The Labute approximate surface area is 281 Å². The summed E-state index contributed by atoms with van der Waals surface area (Å²) in [6.07, 6.45) is -4.39. The molecule has 0 aliphatic carbocycles. The lowest BCUT2D eigenvalue weighted by molar-refractivity contribution is -0.143. The molecule has 0 saturated carbocycles. The van der Waals surface area contributed by atoms with E-state index in [4.69, 9.17) is 19.2 Å². The lowest BCUT2D eigenvalue weighted by Crippen LogP contribution is -2.46. The van der Waals surface area contributed by atoms with E-state index in [2.05, 4.69) is 35.8 Å². The Bertz CT molecular complexity index is 1650. The third-order valence-corrected chi connectivity index (χ3v) is 10.3. The van der Waals surface area contributed by atoms with E-state index in [9.17, 15) is 18.0 Å². The number of piperazine rings is 1. The van der Waals surface area contributed by atoms with E-state index in [0.29, 0.717) is 28.6 Å². The van der Waals surface area contributed by atoms with E-state index in [-0.39, 0.29) is 12.5 Å². The molecule has 0 bridgehead atoms. The maximum Gasteiger partial charge on any atom is 0.416 e. The second-order valence-electron chi connectivity index (χ2n) is 11.4. The quantitative estimate of drug-likeness (QED) is 0.110. The van der Waals surface area contributed by atoms with Crippen molar-refractivity contribution in [3.8, 4) is 22.1 Å². The summed E-state index contributed by atoms with van der Waals surface area (Å²) in [5.74, 6) is 1.85. The molecule has 0 amide bonds. The molecule has 250 valence electrons. The van der Waals surface area contributed by atoms with Crippen LogP contribution in [-0.4, -0.2) is 62.9 Å². The van der Waals surface area contributed by atoms with Crippen LogP contribution in [0.3, 0.4) is 0 Å². The highest BCUT2D eigenvalue weighted by molar-refractivity contribution is 7.98. The van der Waals surface area contributed by atoms with Crippen LogP contribution in [-0.2, 0) is 28.0 Å². The van der Waals surface area contributed by atoms with Crippen molar-refractivity contribution in [3.05, 3.63) is 88.4 Å². The lowest BCUT2D eigenvalue weighted by Gasteiger charge is -2.36. The normalized spacial score (nSPS) is 14.0. The Morgan fingerprint density at radius 3 is 2.40 bits per heavy atom. The number of hydrogen-bond acceptors (Lipinski definition) is 9. The van der Waals surface area contributed by atoms with Gasteiger partial charge in [0, 0.05) is 65.6 Å². The summed E-state index contributed by atoms with van der Waals surface area (Å²) in [4.78, 5) is 23.4. The van der Waals surface area contributed by atoms with Gasteiger partial charge in [0.2, 0.25) is 0 Å². The van der Waals surface area contributed by atoms with Gasteiger partial charge in [-0.25, -0.2) is 9.78 Å². The van der Waals surface area contributed by atoms with Crippen LogP contribution < -0.4 is 14.4 Å². The van der Waals surface area contributed by atoms with E-state index >= 15 is 0 Å². The van der Waals surface area contributed by atoms with Crippen molar-refractivity contribution < 1.29 is 32.2 Å². The van der Waals surface area contributed by atoms with Crippen LogP contribution in [0, 0.1) is 0 Å². The fraction of sp³-hybridized carbons (Fsp3) is 0.371. The van der Waals surface area contributed by atoms with Crippen molar-refractivity contribution in [1.82, 2.24) is 9.88 Å². The number of benzene rings is 3. The van der Waals surface area contributed by atoms with Crippen LogP contribution in [0.15, 0.2) is 71.6 Å². The Hall–Kier alpha value is -3.74. The van der Waals surface area contributed by atoms with E-state index in [1.807, 2.05) is 30.3 Å². The minimum atomic E-state index is -4.39. The Kier molecular flexibility index (Phi) is 11.4. The number of rotatable bonds is 12. The average Bonchev–Trinajstić information content (AvgIpc) is 3.48. The van der Waals surface area contributed by atoms with Crippen LogP contribution in [0.4, 0.5) is 18.9 Å². The average molecular weight is 686 g/mol. The van der Waals surface area contributed by atoms with E-state index in [1.54, 1.807) is 18.9 Å². The summed E-state index contributed by atoms with van der Waals surface area (Å²) in [6, 6.07) is 19.2. The molecule has 1 aromatic heterocycles. The first-order chi connectivity index (χ1) is 22.5. The molecule has 7 nitrogen and oxygen atoms in total. The molecule has 1 aliphatic heterocycles. The van der Waals surface area contributed by atoms with Crippen LogP contribution in [0.1, 0.15) is 41.5 Å². The molecule has 0 spiro atoms. The summed E-state index contributed by atoms with van der Waals surface area (Å²) < 4.78 is 55.5. The van der Waals surface area contributed by atoms with Gasteiger partial charge < -0.3 is 19.1 Å². The molecular weight excluding hydrogens is 648 g/mol. The largest absolute Gasteiger partial charge is 0.497 e. The first-order valence-corrected chi connectivity index (χ1v) is 17.1. The minimum Gasteiger partial charge on any atom is -0.497 e. The second-order valence-corrected chi connectivity index (χ2v) is 13.6. The highest BCUT2D eigenvalue weighted by atomic mass is 32.2. The van der Waals surface area contributed by atoms with E-state index in [1.165, 1.54) is 30.6 Å². The number of hydrogen-bond donors (Lipinski definition) is 0. The SMILES string of the molecule is COC(=O)COc1ccc(SCc2sc(-c3ccc(C(F)(F)F)cc3)nc2CN2CCN(c3cccc(OC)c3)CC2)cc1C(C)C. The van der Waals surface area contributed by atoms with Gasteiger partial charge in [-0.2, -0.15) is 13.2 Å². The molecule has 1 aliphatic rings. The molecule has 3 aromatic carbocycles. The zero-order chi connectivity index (χ0) is 33.6. The number of nitrogens with zero attached hydrogens (tertiary/aromatic N) is 3. The monoisotopic (exact) mass is 685 g/mol. The number of esters is 1. The molecule has 2 heterocycles. The standard InChI is InChI=1S/C35H38F3N3O4S2/c1-23(2)29-19-28(12-13-31(29)45-21-33(42)44-4)46-22-32-30(39-34(47-32)24-8-10-25(11-9-24)35(36,37)38)20-40-14-16-41(17-15-40)26-6-5-7-27(18-26)43-3/h5-13,18-19,23H,14-17,20-22H2,1-4H3. The number of carbonyl (C=O) groups is 1. The van der Waals surface area contributed by atoms with Gasteiger partial charge in [-0.05, 0) is 53.9 Å². The van der Waals surface area contributed by atoms with Crippen molar-refractivity contribution in [3.63, 3.8) is 0 Å². The number of halogens is 3. The predicted molar refractivity (Wildman–Crippen MR) is 181 cm³/mol. The van der Waals surface area contributed by atoms with E-state index < -0.39 is 17.7 Å². The summed E-state index contributed by atoms with van der Waals surface area (Å²) >= 11 is 3.19. The van der Waals surface area contributed by atoms with Gasteiger partial charge in [0.1, 0.15) is 16.5 Å². The first-order valence-electron chi connectivity index (χ1n) is 15.3. The molecule has 4 aromatic rings. The van der Waals surface area contributed by atoms with Gasteiger partial charge in [0.15, 0.2) is 6.61 Å². The van der Waals surface area contributed by atoms with Gasteiger partial charge in [-0.15, -0.1) is 23.1 Å². The molecule has 1 fully saturated rings. The fourth-order valence-corrected chi connectivity index (χ4v) is 7.39. The van der Waals surface area contributed by atoms with E-state index in [0.717, 1.165) is 70.8 Å². The Morgan fingerprint density at radius 1 is 1.00 bits per heavy atom. The number of carbonyl (C=O) groups excluding carboxylic acids is 1. The number of thiazole rings is 1. The number of aromatic nitrogens is 1. The maximum absolute atomic E-state index is 13.2. The molecule has 5 rings (SSSR count). The van der Waals surface area contributed by atoms with Gasteiger partial charge in [0.25, 0.3) is 0 Å². The highest BCUT2D eigenvalue weighted by Gasteiger charge is 2.30. The molecule has 47 heavy (non-hydrogen) atoms. The first kappa shape index (κ1) is 34.6. The van der Waals surface area contributed by atoms with Gasteiger partial charge in [0.05, 0.1) is 25.5 Å². The smallest absolute Gasteiger partial charge is 0.416 e. The second kappa shape index (κ2) is 15.4.